The van der Waals surface area contributed by atoms with Crippen molar-refractivity contribution in [3.8, 4) is 12.3 Å². The lowest BCUT2D eigenvalue weighted by Crippen LogP contribution is -2.20. The lowest BCUT2D eigenvalue weighted by atomic mass is 9.91. The largest absolute Gasteiger partial charge is 0.383 e. The third-order valence-corrected chi connectivity index (χ3v) is 2.40. The first-order valence-corrected chi connectivity index (χ1v) is 4.35. The average molecular weight is 172 g/mol. The van der Waals surface area contributed by atoms with Gasteiger partial charge in [-0.3, -0.25) is 0 Å². The number of terminal acetylenes is 1. The van der Waals surface area contributed by atoms with Gasteiger partial charge in [-0.2, -0.15) is 0 Å². The molecule has 2 heterocycles. The highest BCUT2D eigenvalue weighted by atomic mass is 15.0. The Hall–Kier alpha value is -1.49. The SMILES string of the molecule is C#Cc1ccc2c(n1)C(C)(C)CN2. The van der Waals surface area contributed by atoms with Gasteiger partial charge in [-0.15, -0.1) is 6.42 Å². The zero-order chi connectivity index (χ0) is 9.47. The Morgan fingerprint density at radius 1 is 1.54 bits per heavy atom. The topological polar surface area (TPSA) is 24.9 Å². The van der Waals surface area contributed by atoms with Crippen LogP contribution in [0.3, 0.4) is 0 Å². The van der Waals surface area contributed by atoms with E-state index in [2.05, 4.69) is 30.1 Å². The summed E-state index contributed by atoms with van der Waals surface area (Å²) >= 11 is 0. The Bertz CT molecular complexity index is 386. The number of rotatable bonds is 0. The summed E-state index contributed by atoms with van der Waals surface area (Å²) in [6, 6.07) is 3.87. The Labute approximate surface area is 78.4 Å². The van der Waals surface area contributed by atoms with Crippen LogP contribution in [0.25, 0.3) is 0 Å². The zero-order valence-corrected chi connectivity index (χ0v) is 7.89. The van der Waals surface area contributed by atoms with Gasteiger partial charge in [0.15, 0.2) is 0 Å². The molecule has 1 aromatic rings. The molecule has 2 heteroatoms. The molecule has 1 aliphatic rings. The van der Waals surface area contributed by atoms with Crippen molar-refractivity contribution < 1.29 is 0 Å². The molecule has 0 saturated heterocycles. The number of anilines is 1. The summed E-state index contributed by atoms with van der Waals surface area (Å²) in [6.45, 7) is 5.27. The van der Waals surface area contributed by atoms with Crippen molar-refractivity contribution in [3.63, 3.8) is 0 Å². The van der Waals surface area contributed by atoms with Gasteiger partial charge in [0.25, 0.3) is 0 Å². The number of nitrogens with zero attached hydrogens (tertiary/aromatic N) is 1. The minimum absolute atomic E-state index is 0.0994. The van der Waals surface area contributed by atoms with E-state index >= 15 is 0 Å². The van der Waals surface area contributed by atoms with Gasteiger partial charge >= 0.3 is 0 Å². The summed E-state index contributed by atoms with van der Waals surface area (Å²) in [5, 5.41) is 3.31. The molecule has 66 valence electrons. The molecule has 2 nitrogen and oxygen atoms in total. The Balaban J connectivity index is 2.57. The van der Waals surface area contributed by atoms with Crippen LogP contribution < -0.4 is 5.32 Å². The standard InChI is InChI=1S/C11H12N2/c1-4-8-5-6-9-10(13-8)11(2,3)7-12-9/h1,5-6,12H,7H2,2-3H3. The fourth-order valence-electron chi connectivity index (χ4n) is 1.60. The molecule has 0 atom stereocenters. The van der Waals surface area contributed by atoms with Crippen LogP contribution in [0.2, 0.25) is 0 Å². The van der Waals surface area contributed by atoms with Gasteiger partial charge in [-0.1, -0.05) is 19.8 Å². The Morgan fingerprint density at radius 3 is 3.00 bits per heavy atom. The first-order valence-electron chi connectivity index (χ1n) is 4.35. The second kappa shape index (κ2) is 2.50. The normalized spacial score (nSPS) is 17.3. The van der Waals surface area contributed by atoms with E-state index in [9.17, 15) is 0 Å². The van der Waals surface area contributed by atoms with Crippen LogP contribution in [0.4, 0.5) is 5.69 Å². The number of hydrogen-bond acceptors (Lipinski definition) is 2. The molecule has 0 aromatic carbocycles. The van der Waals surface area contributed by atoms with Crippen molar-refractivity contribution in [2.24, 2.45) is 0 Å². The van der Waals surface area contributed by atoms with Gasteiger partial charge < -0.3 is 5.32 Å². The van der Waals surface area contributed by atoms with E-state index in [1.165, 1.54) is 0 Å². The molecule has 0 spiro atoms. The lowest BCUT2D eigenvalue weighted by Gasteiger charge is -2.15. The van der Waals surface area contributed by atoms with Crippen LogP contribution in [0.15, 0.2) is 12.1 Å². The molecule has 1 aliphatic heterocycles. The van der Waals surface area contributed by atoms with E-state index in [-0.39, 0.29) is 5.41 Å². The minimum Gasteiger partial charge on any atom is -0.383 e. The highest BCUT2D eigenvalue weighted by Crippen LogP contribution is 2.34. The predicted octanol–water partition coefficient (Wildman–Crippen LogP) is 1.77. The summed E-state index contributed by atoms with van der Waals surface area (Å²) < 4.78 is 0. The van der Waals surface area contributed by atoms with Crippen molar-refractivity contribution in [2.45, 2.75) is 19.3 Å². The van der Waals surface area contributed by atoms with Gasteiger partial charge in [-0.25, -0.2) is 4.98 Å². The van der Waals surface area contributed by atoms with Gasteiger partial charge in [0, 0.05) is 12.0 Å². The number of aromatic nitrogens is 1. The van der Waals surface area contributed by atoms with Gasteiger partial charge in [0.2, 0.25) is 0 Å². The minimum atomic E-state index is 0.0994. The molecule has 0 radical (unpaired) electrons. The van der Waals surface area contributed by atoms with Crippen LogP contribution in [-0.2, 0) is 5.41 Å². The molecule has 2 rings (SSSR count). The molecule has 0 amide bonds. The van der Waals surface area contributed by atoms with E-state index in [4.69, 9.17) is 6.42 Å². The zero-order valence-electron chi connectivity index (χ0n) is 7.89. The number of fused-ring (bicyclic) bond motifs is 1. The molecule has 0 aliphatic carbocycles. The maximum atomic E-state index is 5.30. The molecule has 1 N–H and O–H groups in total. The highest BCUT2D eigenvalue weighted by molar-refractivity contribution is 5.57. The quantitative estimate of drug-likeness (QED) is 0.603. The third kappa shape index (κ3) is 1.17. The molecule has 0 fully saturated rings. The fraction of sp³-hybridized carbons (Fsp3) is 0.364. The van der Waals surface area contributed by atoms with Crippen molar-refractivity contribution in [2.75, 3.05) is 11.9 Å². The monoisotopic (exact) mass is 172 g/mol. The number of nitrogens with one attached hydrogen (secondary N) is 1. The summed E-state index contributed by atoms with van der Waals surface area (Å²) in [6.07, 6.45) is 5.30. The first-order chi connectivity index (χ1) is 6.13. The second-order valence-electron chi connectivity index (χ2n) is 3.97. The van der Waals surface area contributed by atoms with Crippen molar-refractivity contribution in [1.29, 1.82) is 0 Å². The van der Waals surface area contributed by atoms with Crippen molar-refractivity contribution in [1.82, 2.24) is 4.98 Å². The Morgan fingerprint density at radius 2 is 2.31 bits per heavy atom. The molecular weight excluding hydrogens is 160 g/mol. The summed E-state index contributed by atoms with van der Waals surface area (Å²) in [7, 11) is 0. The van der Waals surface area contributed by atoms with Crippen molar-refractivity contribution in [3.05, 3.63) is 23.5 Å². The van der Waals surface area contributed by atoms with Gasteiger partial charge in [0.1, 0.15) is 5.69 Å². The van der Waals surface area contributed by atoms with Crippen LogP contribution in [-0.4, -0.2) is 11.5 Å². The van der Waals surface area contributed by atoms with Gasteiger partial charge in [-0.05, 0) is 12.1 Å². The molecule has 1 aromatic heterocycles. The van der Waals surface area contributed by atoms with Crippen molar-refractivity contribution >= 4 is 5.69 Å². The molecule has 0 unspecified atom stereocenters. The lowest BCUT2D eigenvalue weighted by molar-refractivity contribution is 0.568. The molecule has 13 heavy (non-hydrogen) atoms. The highest BCUT2D eigenvalue weighted by Gasteiger charge is 2.31. The maximum Gasteiger partial charge on any atom is 0.113 e. The number of hydrogen-bond donors (Lipinski definition) is 1. The van der Waals surface area contributed by atoms with Crippen LogP contribution in [0.5, 0.6) is 0 Å². The second-order valence-corrected chi connectivity index (χ2v) is 3.97. The van der Waals surface area contributed by atoms with E-state index in [0.717, 1.165) is 23.6 Å². The third-order valence-electron chi connectivity index (χ3n) is 2.40. The van der Waals surface area contributed by atoms with Gasteiger partial charge in [0.05, 0.1) is 11.4 Å². The van der Waals surface area contributed by atoms with E-state index in [0.29, 0.717) is 0 Å². The van der Waals surface area contributed by atoms with Crippen LogP contribution in [0, 0.1) is 12.3 Å². The van der Waals surface area contributed by atoms with E-state index < -0.39 is 0 Å². The van der Waals surface area contributed by atoms with Crippen LogP contribution >= 0.6 is 0 Å². The predicted molar refractivity (Wildman–Crippen MR) is 53.7 cm³/mol. The molecule has 0 bridgehead atoms. The summed E-state index contributed by atoms with van der Waals surface area (Å²) in [5.74, 6) is 2.56. The molecule has 0 saturated carbocycles. The summed E-state index contributed by atoms with van der Waals surface area (Å²) in [4.78, 5) is 4.43. The first kappa shape index (κ1) is 8.12. The van der Waals surface area contributed by atoms with Crippen LogP contribution in [0.1, 0.15) is 25.2 Å². The molecular formula is C11H12N2. The Kier molecular flexibility index (Phi) is 1.56. The maximum absolute atomic E-state index is 5.30. The van der Waals surface area contributed by atoms with E-state index in [1.54, 1.807) is 0 Å². The smallest absolute Gasteiger partial charge is 0.113 e. The fourth-order valence-corrected chi connectivity index (χ4v) is 1.60. The number of pyridine rings is 1. The average Bonchev–Trinajstić information content (AvgIpc) is 2.42. The summed E-state index contributed by atoms with van der Waals surface area (Å²) in [5.41, 5.74) is 3.02. The van der Waals surface area contributed by atoms with E-state index in [1.807, 2.05) is 12.1 Å².